The van der Waals surface area contributed by atoms with Crippen LogP contribution in [0, 0.1) is 11.3 Å². The third-order valence-electron chi connectivity index (χ3n) is 4.21. The van der Waals surface area contributed by atoms with Gasteiger partial charge in [0.15, 0.2) is 9.84 Å². The molecule has 3 aromatic rings. The Morgan fingerprint density at radius 2 is 1.83 bits per heavy atom. The van der Waals surface area contributed by atoms with Gasteiger partial charge in [0, 0.05) is 6.54 Å². The molecule has 1 heterocycles. The fourth-order valence-corrected chi connectivity index (χ4v) is 4.10. The number of hydrogen-bond donors (Lipinski definition) is 1. The van der Waals surface area contributed by atoms with E-state index in [1.54, 1.807) is 35.3 Å². The van der Waals surface area contributed by atoms with E-state index in [2.05, 4.69) is 15.4 Å². The van der Waals surface area contributed by atoms with E-state index >= 15 is 0 Å². The van der Waals surface area contributed by atoms with Crippen LogP contribution in [0.3, 0.4) is 0 Å². The molecule has 3 rings (SSSR count). The third kappa shape index (κ3) is 5.99. The van der Waals surface area contributed by atoms with E-state index in [4.69, 9.17) is 5.26 Å². The van der Waals surface area contributed by atoms with Gasteiger partial charge in [-0.05, 0) is 28.8 Å². The first-order valence-electron chi connectivity index (χ1n) is 8.80. The summed E-state index contributed by atoms with van der Waals surface area (Å²) >= 11 is 0. The minimum absolute atomic E-state index is 0.218. The van der Waals surface area contributed by atoms with Gasteiger partial charge in [0.1, 0.15) is 18.4 Å². The van der Waals surface area contributed by atoms with Crippen molar-refractivity contribution < 1.29 is 13.2 Å². The Morgan fingerprint density at radius 3 is 2.48 bits per heavy atom. The van der Waals surface area contributed by atoms with Crippen LogP contribution >= 0.6 is 0 Å². The quantitative estimate of drug-likeness (QED) is 0.601. The maximum absolute atomic E-state index is 12.3. The second-order valence-corrected chi connectivity index (χ2v) is 8.54. The average Bonchev–Trinajstić information content (AvgIpc) is 3.20. The number of nitrogens with zero attached hydrogens (tertiary/aromatic N) is 4. The third-order valence-corrected chi connectivity index (χ3v) is 5.69. The van der Waals surface area contributed by atoms with E-state index in [9.17, 15) is 13.2 Å². The highest BCUT2D eigenvalue weighted by atomic mass is 32.2. The molecule has 1 aromatic heterocycles. The van der Waals surface area contributed by atoms with Gasteiger partial charge >= 0.3 is 0 Å². The van der Waals surface area contributed by atoms with Crippen molar-refractivity contribution in [1.82, 2.24) is 20.1 Å². The van der Waals surface area contributed by atoms with Gasteiger partial charge in [0.05, 0.1) is 23.9 Å². The number of nitrogens with one attached hydrogen (secondary N) is 1. The van der Waals surface area contributed by atoms with Gasteiger partial charge in [-0.2, -0.15) is 10.4 Å². The predicted molar refractivity (Wildman–Crippen MR) is 106 cm³/mol. The lowest BCUT2D eigenvalue weighted by Gasteiger charge is -2.11. The highest BCUT2D eigenvalue weighted by Gasteiger charge is 2.17. The topological polar surface area (TPSA) is 118 Å². The lowest BCUT2D eigenvalue weighted by Crippen LogP contribution is -2.30. The Hall–Kier alpha value is -3.51. The smallest absolute Gasteiger partial charge is 0.235 e. The second kappa shape index (κ2) is 9.12. The van der Waals surface area contributed by atoms with Crippen molar-refractivity contribution in [1.29, 1.82) is 5.26 Å². The summed E-state index contributed by atoms with van der Waals surface area (Å²) in [6.07, 6.45) is 3.05. The van der Waals surface area contributed by atoms with Crippen LogP contribution in [-0.4, -0.2) is 34.8 Å². The first kappa shape index (κ1) is 20.2. The maximum Gasteiger partial charge on any atom is 0.235 e. The molecule has 0 unspecified atom stereocenters. The molecule has 0 radical (unpaired) electrons. The average molecular weight is 409 g/mol. The highest BCUT2D eigenvalue weighted by molar-refractivity contribution is 7.91. The Morgan fingerprint density at radius 1 is 1.10 bits per heavy atom. The molecule has 1 N–H and O–H groups in total. The largest absolute Gasteiger partial charge is 0.351 e. The van der Waals surface area contributed by atoms with Gasteiger partial charge < -0.3 is 5.32 Å². The molecular weight excluding hydrogens is 390 g/mol. The fraction of sp³-hybridized carbons (Fsp3) is 0.200. The molecular formula is C20H19N5O3S. The summed E-state index contributed by atoms with van der Waals surface area (Å²) in [6.45, 7) is 0.721. The van der Waals surface area contributed by atoms with Crippen LogP contribution in [0.2, 0.25) is 0 Å². The van der Waals surface area contributed by atoms with Crippen LogP contribution in [0.4, 0.5) is 0 Å². The lowest BCUT2D eigenvalue weighted by molar-refractivity contribution is -0.118. The van der Waals surface area contributed by atoms with Gasteiger partial charge in [-0.1, -0.05) is 36.4 Å². The highest BCUT2D eigenvalue weighted by Crippen LogP contribution is 2.11. The van der Waals surface area contributed by atoms with Gasteiger partial charge in [-0.3, -0.25) is 4.79 Å². The molecule has 0 spiro atoms. The Balaban J connectivity index is 1.57. The normalized spacial score (nSPS) is 11.0. The molecule has 0 atom stereocenters. The van der Waals surface area contributed by atoms with Crippen LogP contribution in [0.5, 0.6) is 0 Å². The second-order valence-electron chi connectivity index (χ2n) is 6.48. The number of nitriles is 1. The van der Waals surface area contributed by atoms with Gasteiger partial charge in [-0.15, -0.1) is 0 Å². The van der Waals surface area contributed by atoms with E-state index < -0.39 is 21.5 Å². The van der Waals surface area contributed by atoms with E-state index in [1.165, 1.54) is 6.33 Å². The zero-order valence-corrected chi connectivity index (χ0v) is 16.3. The zero-order valence-electron chi connectivity index (χ0n) is 15.5. The van der Waals surface area contributed by atoms with Gasteiger partial charge in [-0.25, -0.2) is 18.1 Å². The number of carbonyl (C=O) groups is 1. The van der Waals surface area contributed by atoms with E-state index in [0.717, 1.165) is 11.1 Å². The van der Waals surface area contributed by atoms with Crippen LogP contribution in [-0.2, 0) is 33.5 Å². The van der Waals surface area contributed by atoms with Crippen molar-refractivity contribution in [3.8, 4) is 6.07 Å². The molecule has 8 nitrogen and oxygen atoms in total. The molecule has 0 aliphatic rings. The summed E-state index contributed by atoms with van der Waals surface area (Å²) in [5.41, 5.74) is 2.82. The van der Waals surface area contributed by atoms with Crippen LogP contribution in [0.15, 0.2) is 61.2 Å². The summed E-state index contributed by atoms with van der Waals surface area (Å²) in [5, 5.41) is 15.5. The monoisotopic (exact) mass is 409 g/mol. The molecule has 0 bridgehead atoms. The predicted octanol–water partition coefficient (Wildman–Crippen LogP) is 1.43. The lowest BCUT2D eigenvalue weighted by atomic mass is 10.1. The van der Waals surface area contributed by atoms with Gasteiger partial charge in [0.2, 0.25) is 5.91 Å². The zero-order chi connectivity index (χ0) is 20.7. The molecule has 0 fully saturated rings. The van der Waals surface area contributed by atoms with Crippen LogP contribution < -0.4 is 5.32 Å². The van der Waals surface area contributed by atoms with E-state index in [0.29, 0.717) is 17.7 Å². The first-order valence-corrected chi connectivity index (χ1v) is 10.6. The number of sulfone groups is 1. The number of rotatable bonds is 8. The number of benzene rings is 2. The summed E-state index contributed by atoms with van der Waals surface area (Å²) in [4.78, 5) is 16.1. The molecule has 29 heavy (non-hydrogen) atoms. The molecule has 0 saturated carbocycles. The van der Waals surface area contributed by atoms with E-state index in [1.807, 2.05) is 30.3 Å². The summed E-state index contributed by atoms with van der Waals surface area (Å²) in [6, 6.07) is 15.8. The van der Waals surface area contributed by atoms with E-state index in [-0.39, 0.29) is 12.3 Å². The first-order chi connectivity index (χ1) is 13.9. The molecule has 9 heteroatoms. The molecule has 0 aliphatic heterocycles. The fourth-order valence-electron chi connectivity index (χ4n) is 2.80. The Labute approximate surface area is 168 Å². The van der Waals surface area contributed by atoms with Crippen molar-refractivity contribution in [3.05, 3.63) is 83.4 Å². The summed E-state index contributed by atoms with van der Waals surface area (Å²) in [7, 11) is -3.63. The maximum atomic E-state index is 12.3. The Kier molecular flexibility index (Phi) is 6.36. The molecule has 148 valence electrons. The molecule has 0 saturated heterocycles. The Bertz CT molecular complexity index is 1120. The minimum Gasteiger partial charge on any atom is -0.351 e. The number of hydrogen-bond acceptors (Lipinski definition) is 6. The van der Waals surface area contributed by atoms with Crippen molar-refractivity contribution in [2.75, 3.05) is 5.75 Å². The molecule has 1 amide bonds. The van der Waals surface area contributed by atoms with Crippen molar-refractivity contribution in [2.45, 2.75) is 18.8 Å². The number of aromatic nitrogens is 3. The van der Waals surface area contributed by atoms with Crippen molar-refractivity contribution in [2.24, 2.45) is 0 Å². The van der Waals surface area contributed by atoms with Crippen LogP contribution in [0.25, 0.3) is 0 Å². The van der Waals surface area contributed by atoms with Crippen molar-refractivity contribution >= 4 is 15.7 Å². The number of amides is 1. The molecule has 2 aromatic carbocycles. The number of carbonyl (C=O) groups excluding carboxylic acids is 1. The standard InChI is InChI=1S/C20H19N5O3S/c21-9-16-5-7-17(8-6-16)12-29(27,28)13-20(26)23-10-18-3-1-2-4-19(18)11-25-15-22-14-24-25/h1-8,14-15H,10-13H2,(H,23,26). The SMILES string of the molecule is N#Cc1ccc(CS(=O)(=O)CC(=O)NCc2ccccc2Cn2cncn2)cc1. The minimum atomic E-state index is -3.63. The summed E-state index contributed by atoms with van der Waals surface area (Å²) in [5.74, 6) is -1.41. The molecule has 0 aliphatic carbocycles. The van der Waals surface area contributed by atoms with Crippen molar-refractivity contribution in [3.63, 3.8) is 0 Å². The van der Waals surface area contributed by atoms with Crippen LogP contribution in [0.1, 0.15) is 22.3 Å². The van der Waals surface area contributed by atoms with Gasteiger partial charge in [0.25, 0.3) is 0 Å². The summed E-state index contributed by atoms with van der Waals surface area (Å²) < 4.78 is 26.3.